The minimum atomic E-state index is 0.129. The van der Waals surface area contributed by atoms with Crippen molar-refractivity contribution in [2.24, 2.45) is 0 Å². The minimum Gasteiger partial charge on any atom is -0.296 e. The number of rotatable bonds is 2. The Morgan fingerprint density at radius 2 is 1.25 bits per heavy atom. The smallest absolute Gasteiger partial charge is 0.178 e. The van der Waals surface area contributed by atoms with E-state index < -0.39 is 0 Å². The van der Waals surface area contributed by atoms with Crippen molar-refractivity contribution in [1.82, 2.24) is 0 Å². The summed E-state index contributed by atoms with van der Waals surface area (Å²) >= 11 is 8.44. The van der Waals surface area contributed by atoms with Crippen molar-refractivity contribution in [1.29, 1.82) is 0 Å². The number of ketones is 1. The van der Waals surface area contributed by atoms with Gasteiger partial charge in [-0.1, -0.05) is 90.4 Å². The number of carbonyl (C=O) groups excluding carboxylic acids is 1. The number of hydrogen-bond acceptors (Lipinski definition) is 1. The second kappa shape index (κ2) is 5.27. The van der Waals surface area contributed by atoms with Gasteiger partial charge in [-0.05, 0) is 0 Å². The summed E-state index contributed by atoms with van der Waals surface area (Å²) in [5, 5.41) is 0. The maximum Gasteiger partial charge on any atom is 0.178 e. The molecule has 0 spiro atoms. The van der Waals surface area contributed by atoms with Crippen LogP contribution in [0.15, 0.2) is 0 Å². The number of alkyl halides is 4. The molecule has 0 radical (unpaired) electrons. The highest BCUT2D eigenvalue weighted by molar-refractivity contribution is 14.2. The highest BCUT2D eigenvalue weighted by Crippen LogP contribution is 2.20. The molecule has 0 saturated heterocycles. The highest BCUT2D eigenvalue weighted by atomic mass is 127. The first-order valence-electron chi connectivity index (χ1n) is 1.65. The van der Waals surface area contributed by atoms with E-state index in [2.05, 4.69) is 90.4 Å². The average molecular weight is 562 g/mol. The number of hydrogen-bond donors (Lipinski definition) is 0. The van der Waals surface area contributed by atoms with Gasteiger partial charge >= 0.3 is 0 Å². The van der Waals surface area contributed by atoms with Gasteiger partial charge in [-0.2, -0.15) is 0 Å². The summed E-state index contributed by atoms with van der Waals surface area (Å²) < 4.78 is 0.257. The maximum absolute atomic E-state index is 10.8. The van der Waals surface area contributed by atoms with E-state index >= 15 is 0 Å². The topological polar surface area (TPSA) is 17.1 Å². The van der Waals surface area contributed by atoms with E-state index in [4.69, 9.17) is 0 Å². The van der Waals surface area contributed by atoms with Crippen LogP contribution in [-0.4, -0.2) is 9.65 Å². The Morgan fingerprint density at radius 1 is 1.00 bits per heavy atom. The third-order valence-electron chi connectivity index (χ3n) is 0.430. The van der Waals surface area contributed by atoms with Gasteiger partial charge in [-0.3, -0.25) is 4.79 Å². The zero-order valence-corrected chi connectivity index (χ0v) is 12.2. The van der Waals surface area contributed by atoms with Crippen molar-refractivity contribution in [3.8, 4) is 0 Å². The van der Waals surface area contributed by atoms with Crippen molar-refractivity contribution < 1.29 is 4.79 Å². The van der Waals surface area contributed by atoms with Gasteiger partial charge in [0.05, 0.1) is 0 Å². The molecule has 0 aromatic carbocycles. The first-order valence-corrected chi connectivity index (χ1v) is 6.64. The van der Waals surface area contributed by atoms with Crippen LogP contribution < -0.4 is 0 Å². The molecule has 0 aromatic heterocycles. The van der Waals surface area contributed by atoms with Crippen LogP contribution in [0.3, 0.4) is 0 Å². The average Bonchev–Trinajstić information content (AvgIpc) is 1.64. The Labute approximate surface area is 103 Å². The second-order valence-corrected chi connectivity index (χ2v) is 10.8. The van der Waals surface area contributed by atoms with Gasteiger partial charge in [-0.25, -0.2) is 0 Å². The summed E-state index contributed by atoms with van der Waals surface area (Å²) in [5.41, 5.74) is 0. The van der Waals surface area contributed by atoms with Gasteiger partial charge in [0.25, 0.3) is 0 Å². The summed E-state index contributed by atoms with van der Waals surface area (Å²) in [6.45, 7) is 0. The quantitative estimate of drug-likeness (QED) is 0.375. The molecule has 1 nitrogen and oxygen atoms in total. The van der Waals surface area contributed by atoms with Gasteiger partial charge in [0.2, 0.25) is 0 Å². The van der Waals surface area contributed by atoms with E-state index in [0.29, 0.717) is 5.78 Å². The molecule has 0 aliphatic rings. The van der Waals surface area contributed by atoms with E-state index in [0.717, 1.165) is 0 Å². The predicted molar refractivity (Wildman–Crippen MR) is 68.7 cm³/mol. The summed E-state index contributed by atoms with van der Waals surface area (Å²) in [4.78, 5) is 10.8. The van der Waals surface area contributed by atoms with Crippen molar-refractivity contribution in [3.63, 3.8) is 0 Å². The molecule has 0 unspecified atom stereocenters. The van der Waals surface area contributed by atoms with Gasteiger partial charge in [0.15, 0.2) is 5.78 Å². The zero-order chi connectivity index (χ0) is 6.73. The molecule has 0 atom stereocenters. The summed E-state index contributed by atoms with van der Waals surface area (Å²) in [6, 6.07) is 0. The Kier molecular flexibility index (Phi) is 6.97. The van der Waals surface area contributed by atoms with Crippen molar-refractivity contribution in [3.05, 3.63) is 0 Å². The molecule has 0 saturated carbocycles. The van der Waals surface area contributed by atoms with Crippen LogP contribution in [0.5, 0.6) is 0 Å². The fraction of sp³-hybridized carbons (Fsp3) is 0.667. The van der Waals surface area contributed by atoms with Crippen LogP contribution >= 0.6 is 90.4 Å². The fourth-order valence-corrected chi connectivity index (χ4v) is 4.29. The van der Waals surface area contributed by atoms with Gasteiger partial charge in [-0.15, -0.1) is 0 Å². The first-order chi connectivity index (χ1) is 3.55. The lowest BCUT2D eigenvalue weighted by molar-refractivity contribution is -0.114. The summed E-state index contributed by atoms with van der Waals surface area (Å²) in [6.07, 6.45) is 0. The Balaban J connectivity index is 3.65. The van der Waals surface area contributed by atoms with Crippen LogP contribution in [-0.2, 0) is 4.79 Å². The molecule has 0 N–H and O–H groups in total. The van der Waals surface area contributed by atoms with Gasteiger partial charge in [0, 0.05) is 0 Å². The molecule has 8 heavy (non-hydrogen) atoms. The highest BCUT2D eigenvalue weighted by Gasteiger charge is 2.16. The van der Waals surface area contributed by atoms with Crippen molar-refractivity contribution >= 4 is 96.1 Å². The normalized spacial score (nSPS) is 10.8. The third kappa shape index (κ3) is 4.41. The molecule has 5 heteroatoms. The number of halogens is 4. The Morgan fingerprint density at radius 3 is 1.25 bits per heavy atom. The monoisotopic (exact) mass is 562 g/mol. The van der Waals surface area contributed by atoms with E-state index in [-0.39, 0.29) is 3.86 Å². The van der Waals surface area contributed by atoms with E-state index in [1.807, 2.05) is 0 Å². The van der Waals surface area contributed by atoms with Crippen molar-refractivity contribution in [2.45, 2.75) is 3.86 Å². The van der Waals surface area contributed by atoms with Gasteiger partial charge < -0.3 is 0 Å². The lowest BCUT2D eigenvalue weighted by Gasteiger charge is -1.99. The predicted octanol–water partition coefficient (Wildman–Crippen LogP) is 2.95. The first kappa shape index (κ1) is 10.6. The standard InChI is InChI=1S/C3H2I4O/c4-2(5)1(8)3(6)7/h2-3H. The molecule has 0 amide bonds. The lowest BCUT2D eigenvalue weighted by atomic mass is 10.5. The molecule has 0 heterocycles. The minimum absolute atomic E-state index is 0.129. The van der Waals surface area contributed by atoms with Crippen LogP contribution in [0.2, 0.25) is 0 Å². The third-order valence-corrected chi connectivity index (χ3v) is 2.89. The Hall–Kier alpha value is 2.59. The molecule has 0 rings (SSSR count). The second-order valence-electron chi connectivity index (χ2n) is 1.00. The SMILES string of the molecule is O=C(C(I)I)C(I)I. The van der Waals surface area contributed by atoms with Crippen molar-refractivity contribution in [2.75, 3.05) is 0 Å². The molecule has 0 aliphatic carbocycles. The van der Waals surface area contributed by atoms with E-state index in [1.165, 1.54) is 0 Å². The molecule has 48 valence electrons. The molecule has 0 fully saturated rings. The lowest BCUT2D eigenvalue weighted by Crippen LogP contribution is -2.12. The molecular weight excluding hydrogens is 560 g/mol. The van der Waals surface area contributed by atoms with Crippen LogP contribution in [0.25, 0.3) is 0 Å². The molecule has 0 aliphatic heterocycles. The van der Waals surface area contributed by atoms with Gasteiger partial charge in [0.1, 0.15) is 3.86 Å². The van der Waals surface area contributed by atoms with Crippen LogP contribution in [0.4, 0.5) is 0 Å². The summed E-state index contributed by atoms with van der Waals surface area (Å²) in [5.74, 6) is 0.299. The van der Waals surface area contributed by atoms with Crippen LogP contribution in [0.1, 0.15) is 0 Å². The van der Waals surface area contributed by atoms with E-state index in [9.17, 15) is 4.79 Å². The number of carbonyl (C=O) groups is 1. The fourth-order valence-electron chi connectivity index (χ4n) is 0.0952. The Bertz CT molecular complexity index is 79.3. The molecule has 0 aromatic rings. The maximum atomic E-state index is 10.8. The zero-order valence-electron chi connectivity index (χ0n) is 3.57. The van der Waals surface area contributed by atoms with E-state index in [1.54, 1.807) is 0 Å². The largest absolute Gasteiger partial charge is 0.296 e. The summed E-state index contributed by atoms with van der Waals surface area (Å²) in [7, 11) is 0. The van der Waals surface area contributed by atoms with Crippen LogP contribution in [0, 0.1) is 0 Å². The molecule has 0 bridgehead atoms. The molecular formula is C3H2I4O. The number of Topliss-reactive ketones (excluding diaryl/α,β-unsaturated/α-hetero) is 1.